The number of nitrogens with zero attached hydrogens (tertiary/aromatic N) is 1. The number of carbonyl (C=O) groups is 1. The molecule has 0 radical (unpaired) electrons. The normalized spacial score (nSPS) is 19.5. The zero-order valence-electron chi connectivity index (χ0n) is 13.7. The molecule has 1 saturated heterocycles. The number of halogens is 3. The Bertz CT molecular complexity index is 807. The summed E-state index contributed by atoms with van der Waals surface area (Å²) in [5.74, 6) is -4.05. The van der Waals surface area contributed by atoms with Crippen molar-refractivity contribution in [3.63, 3.8) is 0 Å². The highest BCUT2D eigenvalue weighted by Gasteiger charge is 2.31. The van der Waals surface area contributed by atoms with Gasteiger partial charge in [-0.2, -0.15) is 0 Å². The number of aromatic nitrogens is 1. The lowest BCUT2D eigenvalue weighted by Crippen LogP contribution is -2.39. The summed E-state index contributed by atoms with van der Waals surface area (Å²) in [7, 11) is 0. The van der Waals surface area contributed by atoms with Gasteiger partial charge in [-0.05, 0) is 50.8 Å². The van der Waals surface area contributed by atoms with E-state index in [0.29, 0.717) is 12.5 Å². The Hall–Kier alpha value is -2.02. The number of amides is 1. The van der Waals surface area contributed by atoms with Gasteiger partial charge in [-0.3, -0.25) is 4.79 Å². The Labute approximate surface area is 143 Å². The first-order chi connectivity index (χ1) is 12.0. The minimum absolute atomic E-state index is 0.0688. The minimum Gasteiger partial charge on any atom is -0.350 e. The summed E-state index contributed by atoms with van der Waals surface area (Å²) in [5.41, 5.74) is 0.175. The van der Waals surface area contributed by atoms with Crippen molar-refractivity contribution in [3.8, 4) is 0 Å². The average Bonchev–Trinajstić information content (AvgIpc) is 3.38. The van der Waals surface area contributed by atoms with E-state index in [1.165, 1.54) is 18.9 Å². The van der Waals surface area contributed by atoms with Crippen molar-refractivity contribution in [1.29, 1.82) is 0 Å². The number of hydrogen-bond acceptors (Lipinski definition) is 2. The standard InChI is InChI=1S/C18H20F3N3O/c19-13-8-14-12(16(20)17(13)21)7-15(23-14)18(25)22-9-10-3-5-24(6-4-10)11-1-2-11/h7-8,10-11,23H,1-6,9H2,(H,22,25). The van der Waals surface area contributed by atoms with Crippen molar-refractivity contribution < 1.29 is 18.0 Å². The van der Waals surface area contributed by atoms with E-state index in [0.717, 1.165) is 38.0 Å². The maximum atomic E-state index is 13.7. The summed E-state index contributed by atoms with van der Waals surface area (Å²) in [6, 6.07) is 2.86. The van der Waals surface area contributed by atoms with Gasteiger partial charge in [-0.25, -0.2) is 13.2 Å². The van der Waals surface area contributed by atoms with Crippen LogP contribution >= 0.6 is 0 Å². The van der Waals surface area contributed by atoms with Crippen LogP contribution in [0.15, 0.2) is 12.1 Å². The van der Waals surface area contributed by atoms with E-state index in [1.807, 2.05) is 0 Å². The van der Waals surface area contributed by atoms with E-state index in [4.69, 9.17) is 0 Å². The van der Waals surface area contributed by atoms with Crippen LogP contribution in [-0.4, -0.2) is 41.5 Å². The largest absolute Gasteiger partial charge is 0.350 e. The first-order valence-corrected chi connectivity index (χ1v) is 8.71. The fraction of sp³-hybridized carbons (Fsp3) is 0.500. The molecule has 7 heteroatoms. The van der Waals surface area contributed by atoms with Crippen LogP contribution in [0.25, 0.3) is 10.9 Å². The first kappa shape index (κ1) is 16.4. The summed E-state index contributed by atoms with van der Waals surface area (Å²) in [4.78, 5) is 17.4. The van der Waals surface area contributed by atoms with Crippen molar-refractivity contribution in [2.75, 3.05) is 19.6 Å². The third kappa shape index (κ3) is 3.25. The average molecular weight is 351 g/mol. The number of H-pyrrole nitrogens is 1. The van der Waals surface area contributed by atoms with Gasteiger partial charge in [0.05, 0.1) is 5.52 Å². The number of carbonyl (C=O) groups excluding carboxylic acids is 1. The summed E-state index contributed by atoms with van der Waals surface area (Å²) >= 11 is 0. The SMILES string of the molecule is O=C(NCC1CCN(C2CC2)CC1)c1cc2c(F)c(F)c(F)cc2[nH]1. The fourth-order valence-electron chi connectivity index (χ4n) is 3.60. The van der Waals surface area contributed by atoms with Crippen LogP contribution < -0.4 is 5.32 Å². The van der Waals surface area contributed by atoms with E-state index in [9.17, 15) is 18.0 Å². The van der Waals surface area contributed by atoms with Crippen molar-refractivity contribution in [2.45, 2.75) is 31.7 Å². The molecule has 1 aliphatic carbocycles. The van der Waals surface area contributed by atoms with E-state index in [1.54, 1.807) is 0 Å². The highest BCUT2D eigenvalue weighted by molar-refractivity contribution is 5.98. The molecule has 4 nitrogen and oxygen atoms in total. The Kier molecular flexibility index (Phi) is 4.19. The third-order valence-corrected chi connectivity index (χ3v) is 5.27. The van der Waals surface area contributed by atoms with Crippen molar-refractivity contribution >= 4 is 16.8 Å². The molecular weight excluding hydrogens is 331 g/mol. The second kappa shape index (κ2) is 6.37. The molecule has 25 heavy (non-hydrogen) atoms. The molecule has 2 aromatic rings. The van der Waals surface area contributed by atoms with E-state index >= 15 is 0 Å². The molecule has 2 aliphatic rings. The van der Waals surface area contributed by atoms with Crippen molar-refractivity contribution in [3.05, 3.63) is 35.3 Å². The predicted octanol–water partition coefficient (Wildman–Crippen LogP) is 3.19. The van der Waals surface area contributed by atoms with Crippen molar-refractivity contribution in [1.82, 2.24) is 15.2 Å². The molecule has 0 spiro atoms. The molecule has 2 fully saturated rings. The summed E-state index contributed by atoms with van der Waals surface area (Å²) in [6.07, 6.45) is 4.71. The Morgan fingerprint density at radius 2 is 1.84 bits per heavy atom. The summed E-state index contributed by atoms with van der Waals surface area (Å²) in [6.45, 7) is 2.70. The quantitative estimate of drug-likeness (QED) is 0.831. The molecule has 134 valence electrons. The zero-order chi connectivity index (χ0) is 17.6. The number of hydrogen-bond donors (Lipinski definition) is 2. The van der Waals surface area contributed by atoms with Crippen LogP contribution in [0.4, 0.5) is 13.2 Å². The fourth-order valence-corrected chi connectivity index (χ4v) is 3.60. The Balaban J connectivity index is 1.38. The Morgan fingerprint density at radius 1 is 1.12 bits per heavy atom. The van der Waals surface area contributed by atoms with Gasteiger partial charge in [0.2, 0.25) is 0 Å². The molecule has 4 rings (SSSR count). The van der Waals surface area contributed by atoms with Crippen LogP contribution in [-0.2, 0) is 0 Å². The second-order valence-corrected chi connectivity index (χ2v) is 7.05. The van der Waals surface area contributed by atoms with Crippen LogP contribution in [0.2, 0.25) is 0 Å². The molecule has 1 aromatic carbocycles. The molecule has 1 aliphatic heterocycles. The number of benzene rings is 1. The first-order valence-electron chi connectivity index (χ1n) is 8.71. The van der Waals surface area contributed by atoms with Gasteiger partial charge in [0.15, 0.2) is 17.5 Å². The lowest BCUT2D eigenvalue weighted by molar-refractivity contribution is 0.0930. The number of fused-ring (bicyclic) bond motifs is 1. The van der Waals surface area contributed by atoms with Crippen molar-refractivity contribution in [2.24, 2.45) is 5.92 Å². The van der Waals surface area contributed by atoms with Gasteiger partial charge in [0, 0.05) is 24.0 Å². The predicted molar refractivity (Wildman–Crippen MR) is 87.8 cm³/mol. The topological polar surface area (TPSA) is 48.1 Å². The van der Waals surface area contributed by atoms with Crippen LogP contribution in [0, 0.1) is 23.4 Å². The molecule has 0 bridgehead atoms. The molecule has 1 amide bonds. The van der Waals surface area contributed by atoms with Crippen LogP contribution in [0.1, 0.15) is 36.2 Å². The molecule has 1 aromatic heterocycles. The molecule has 2 N–H and O–H groups in total. The number of aromatic amines is 1. The van der Waals surface area contributed by atoms with Gasteiger partial charge in [0.1, 0.15) is 5.69 Å². The minimum atomic E-state index is -1.53. The highest BCUT2D eigenvalue weighted by Crippen LogP contribution is 2.30. The molecule has 0 unspecified atom stereocenters. The van der Waals surface area contributed by atoms with Gasteiger partial charge < -0.3 is 15.2 Å². The lowest BCUT2D eigenvalue weighted by Gasteiger charge is -2.31. The van der Waals surface area contributed by atoms with Gasteiger partial charge >= 0.3 is 0 Å². The summed E-state index contributed by atoms with van der Waals surface area (Å²) in [5, 5.41) is 2.72. The number of likely N-dealkylation sites (tertiary alicyclic amines) is 1. The lowest BCUT2D eigenvalue weighted by atomic mass is 9.96. The van der Waals surface area contributed by atoms with Gasteiger partial charge in [0.25, 0.3) is 5.91 Å². The maximum Gasteiger partial charge on any atom is 0.267 e. The van der Waals surface area contributed by atoms with Crippen LogP contribution in [0.3, 0.4) is 0 Å². The molecule has 1 saturated carbocycles. The number of nitrogens with one attached hydrogen (secondary N) is 2. The van der Waals surface area contributed by atoms with Gasteiger partial charge in [-0.1, -0.05) is 0 Å². The van der Waals surface area contributed by atoms with E-state index < -0.39 is 17.5 Å². The van der Waals surface area contributed by atoms with Gasteiger partial charge in [-0.15, -0.1) is 0 Å². The van der Waals surface area contributed by atoms with E-state index in [-0.39, 0.29) is 22.5 Å². The highest BCUT2D eigenvalue weighted by atomic mass is 19.2. The van der Waals surface area contributed by atoms with Crippen LogP contribution in [0.5, 0.6) is 0 Å². The van der Waals surface area contributed by atoms with E-state index in [2.05, 4.69) is 15.2 Å². The number of piperidine rings is 1. The second-order valence-electron chi connectivity index (χ2n) is 7.05. The molecular formula is C18H20F3N3O. The maximum absolute atomic E-state index is 13.7. The molecule has 2 heterocycles. The summed E-state index contributed by atoms with van der Waals surface area (Å²) < 4.78 is 40.3. The third-order valence-electron chi connectivity index (χ3n) is 5.27. The number of rotatable bonds is 4. The smallest absolute Gasteiger partial charge is 0.267 e. The Morgan fingerprint density at radius 3 is 2.52 bits per heavy atom. The molecule has 0 atom stereocenters. The zero-order valence-corrected chi connectivity index (χ0v) is 13.7. The monoisotopic (exact) mass is 351 g/mol.